The van der Waals surface area contributed by atoms with Crippen molar-refractivity contribution in [1.29, 1.82) is 0 Å². The number of nitrogens with zero attached hydrogens (tertiary/aromatic N) is 2. The topological polar surface area (TPSA) is 42.4 Å². The van der Waals surface area contributed by atoms with Crippen molar-refractivity contribution < 1.29 is 8.83 Å². The Bertz CT molecular complexity index is 2660. The molecule has 46 heavy (non-hydrogen) atoms. The summed E-state index contributed by atoms with van der Waals surface area (Å²) in [6.45, 7) is 0. The maximum Gasteiger partial charge on any atom is 0.153 e. The highest BCUT2D eigenvalue weighted by Crippen LogP contribution is 2.43. The first-order valence-electron chi connectivity index (χ1n) is 15.3. The number of anilines is 3. The second-order valence-electron chi connectivity index (χ2n) is 11.6. The molecule has 0 fully saturated rings. The van der Waals surface area contributed by atoms with Crippen LogP contribution in [0.15, 0.2) is 155 Å². The van der Waals surface area contributed by atoms with Crippen LogP contribution in [-0.2, 0) is 0 Å². The Morgan fingerprint density at radius 1 is 0.478 bits per heavy atom. The van der Waals surface area contributed by atoms with Crippen molar-refractivity contribution in [2.45, 2.75) is 0 Å². The summed E-state index contributed by atoms with van der Waals surface area (Å²) in [6, 6.07) is 47.3. The van der Waals surface area contributed by atoms with E-state index in [1.165, 1.54) is 20.2 Å². The minimum Gasteiger partial charge on any atom is -0.456 e. The average molecular weight is 609 g/mol. The Morgan fingerprint density at radius 3 is 2.09 bits per heavy atom. The monoisotopic (exact) mass is 608 g/mol. The fourth-order valence-corrected chi connectivity index (χ4v) is 7.91. The smallest absolute Gasteiger partial charge is 0.153 e. The van der Waals surface area contributed by atoms with Crippen molar-refractivity contribution in [3.05, 3.63) is 146 Å². The normalized spacial score (nSPS) is 11.9. The molecule has 4 heterocycles. The zero-order chi connectivity index (χ0) is 30.2. The second kappa shape index (κ2) is 9.80. The summed E-state index contributed by atoms with van der Waals surface area (Å²) in [6.07, 6.45) is 3.60. The molecule has 0 N–H and O–H groups in total. The first-order chi connectivity index (χ1) is 22.8. The van der Waals surface area contributed by atoms with Crippen LogP contribution in [0.3, 0.4) is 0 Å². The Hall–Kier alpha value is -5.91. The van der Waals surface area contributed by atoms with Crippen molar-refractivity contribution in [1.82, 2.24) is 4.98 Å². The molecule has 6 aromatic carbocycles. The molecule has 10 rings (SSSR count). The van der Waals surface area contributed by atoms with Crippen LogP contribution >= 0.6 is 11.3 Å². The minimum atomic E-state index is 0.797. The van der Waals surface area contributed by atoms with Crippen LogP contribution in [0.25, 0.3) is 75.2 Å². The van der Waals surface area contributed by atoms with E-state index >= 15 is 0 Å². The van der Waals surface area contributed by atoms with Gasteiger partial charge in [0.1, 0.15) is 16.7 Å². The van der Waals surface area contributed by atoms with Crippen LogP contribution in [0.5, 0.6) is 0 Å². The molecule has 0 unspecified atom stereocenters. The van der Waals surface area contributed by atoms with Gasteiger partial charge in [0.05, 0.1) is 6.20 Å². The van der Waals surface area contributed by atoms with Gasteiger partial charge in [0.25, 0.3) is 0 Å². The van der Waals surface area contributed by atoms with E-state index in [2.05, 4.69) is 125 Å². The molecule has 4 aromatic heterocycles. The van der Waals surface area contributed by atoms with Crippen LogP contribution in [0.2, 0.25) is 0 Å². The quantitative estimate of drug-likeness (QED) is 0.199. The maximum absolute atomic E-state index is 6.31. The Balaban J connectivity index is 1.15. The average Bonchev–Trinajstić information content (AvgIpc) is 3.80. The first-order valence-corrected chi connectivity index (χ1v) is 16.1. The summed E-state index contributed by atoms with van der Waals surface area (Å²) in [5, 5.41) is 6.93. The predicted octanol–water partition coefficient (Wildman–Crippen LogP) is 12.4. The van der Waals surface area contributed by atoms with Gasteiger partial charge in [-0.05, 0) is 72.3 Å². The number of rotatable bonds is 4. The largest absolute Gasteiger partial charge is 0.456 e. The van der Waals surface area contributed by atoms with E-state index in [-0.39, 0.29) is 0 Å². The summed E-state index contributed by atoms with van der Waals surface area (Å²) in [5.41, 5.74) is 8.84. The van der Waals surface area contributed by atoms with Gasteiger partial charge in [-0.3, -0.25) is 4.98 Å². The third-order valence-electron chi connectivity index (χ3n) is 8.98. The third kappa shape index (κ3) is 3.82. The van der Waals surface area contributed by atoms with Crippen molar-refractivity contribution in [3.8, 4) is 11.1 Å². The second-order valence-corrected chi connectivity index (χ2v) is 12.7. The standard InChI is InChI=1S/C41H24N2O2S/c1-3-10-36-30(6-1)34-22-27(16-18-37(34)44-36)43(28-17-19-40-35(23-28)32-7-2-4-11-39(32)46-40)26-14-12-25(13-15-26)29-8-5-9-33-31-20-21-42-24-38(31)45-41(29)33/h1-24H. The van der Waals surface area contributed by atoms with Gasteiger partial charge in [-0.1, -0.05) is 66.7 Å². The lowest BCUT2D eigenvalue weighted by Crippen LogP contribution is -2.09. The predicted molar refractivity (Wildman–Crippen MR) is 192 cm³/mol. The third-order valence-corrected chi connectivity index (χ3v) is 10.1. The lowest BCUT2D eigenvalue weighted by molar-refractivity contribution is 0.668. The van der Waals surface area contributed by atoms with Gasteiger partial charge < -0.3 is 13.7 Å². The van der Waals surface area contributed by atoms with Crippen molar-refractivity contribution in [2.75, 3.05) is 4.90 Å². The summed E-state index contributed by atoms with van der Waals surface area (Å²) < 4.78 is 15.1. The highest BCUT2D eigenvalue weighted by molar-refractivity contribution is 7.25. The van der Waals surface area contributed by atoms with E-state index in [1.54, 1.807) is 6.20 Å². The molecule has 0 atom stereocenters. The highest BCUT2D eigenvalue weighted by atomic mass is 32.1. The molecule has 0 saturated heterocycles. The molecular formula is C41H24N2O2S. The van der Waals surface area contributed by atoms with E-state index < -0.39 is 0 Å². The zero-order valence-corrected chi connectivity index (χ0v) is 25.3. The van der Waals surface area contributed by atoms with Gasteiger partial charge in [-0.25, -0.2) is 0 Å². The SMILES string of the molecule is c1ccc2c(c1)oc1ccc(N(c3ccc(-c4cccc5c4oc4cnccc45)cc3)c3ccc4sc5ccccc5c4c3)cc12. The molecule has 0 spiro atoms. The van der Waals surface area contributed by atoms with Crippen molar-refractivity contribution in [3.63, 3.8) is 0 Å². The fourth-order valence-electron chi connectivity index (χ4n) is 6.82. The number of pyridine rings is 1. The molecule has 216 valence electrons. The molecule has 0 saturated carbocycles. The summed E-state index contributed by atoms with van der Waals surface area (Å²) in [5.74, 6) is 0. The number of thiophene rings is 1. The van der Waals surface area contributed by atoms with Crippen LogP contribution in [0.4, 0.5) is 17.1 Å². The molecule has 0 aliphatic heterocycles. The number of hydrogen-bond donors (Lipinski definition) is 0. The van der Waals surface area contributed by atoms with Gasteiger partial charge in [0, 0.05) is 70.5 Å². The molecule has 4 nitrogen and oxygen atoms in total. The molecular weight excluding hydrogens is 585 g/mol. The number of benzene rings is 6. The molecule has 0 radical (unpaired) electrons. The number of furan rings is 2. The van der Waals surface area contributed by atoms with Gasteiger partial charge >= 0.3 is 0 Å². The number of fused-ring (bicyclic) bond motifs is 9. The first kappa shape index (κ1) is 25.4. The molecule has 0 aliphatic carbocycles. The van der Waals surface area contributed by atoms with Gasteiger partial charge in [0.15, 0.2) is 5.58 Å². The van der Waals surface area contributed by atoms with Crippen LogP contribution < -0.4 is 4.90 Å². The summed E-state index contributed by atoms with van der Waals surface area (Å²) >= 11 is 1.84. The van der Waals surface area contributed by atoms with Crippen LogP contribution in [0.1, 0.15) is 0 Å². The summed E-state index contributed by atoms with van der Waals surface area (Å²) in [7, 11) is 0. The lowest BCUT2D eigenvalue weighted by atomic mass is 10.0. The number of aromatic nitrogens is 1. The number of para-hydroxylation sites is 2. The highest BCUT2D eigenvalue weighted by Gasteiger charge is 2.18. The van der Waals surface area contributed by atoms with Gasteiger partial charge in [-0.15, -0.1) is 11.3 Å². The fraction of sp³-hybridized carbons (Fsp3) is 0. The van der Waals surface area contributed by atoms with E-state index in [0.717, 1.165) is 72.1 Å². The van der Waals surface area contributed by atoms with E-state index in [0.29, 0.717) is 0 Å². The van der Waals surface area contributed by atoms with Gasteiger partial charge in [0.2, 0.25) is 0 Å². The Labute approximate surface area is 267 Å². The lowest BCUT2D eigenvalue weighted by Gasteiger charge is -2.26. The van der Waals surface area contributed by atoms with Crippen LogP contribution in [-0.4, -0.2) is 4.98 Å². The zero-order valence-electron chi connectivity index (χ0n) is 24.5. The van der Waals surface area contributed by atoms with E-state index in [9.17, 15) is 0 Å². The molecule has 0 aliphatic rings. The molecule has 0 bridgehead atoms. The number of hydrogen-bond acceptors (Lipinski definition) is 5. The molecule has 0 amide bonds. The minimum absolute atomic E-state index is 0.797. The molecule has 10 aromatic rings. The Kier molecular flexibility index (Phi) is 5.41. The Morgan fingerprint density at radius 2 is 1.17 bits per heavy atom. The van der Waals surface area contributed by atoms with Crippen molar-refractivity contribution >= 4 is 92.4 Å². The summed E-state index contributed by atoms with van der Waals surface area (Å²) in [4.78, 5) is 6.60. The molecule has 5 heteroatoms. The van der Waals surface area contributed by atoms with E-state index in [1.807, 2.05) is 35.7 Å². The van der Waals surface area contributed by atoms with Gasteiger partial charge in [-0.2, -0.15) is 0 Å². The maximum atomic E-state index is 6.31. The van der Waals surface area contributed by atoms with Crippen LogP contribution in [0, 0.1) is 0 Å². The van der Waals surface area contributed by atoms with E-state index in [4.69, 9.17) is 8.83 Å². The van der Waals surface area contributed by atoms with Crippen molar-refractivity contribution in [2.24, 2.45) is 0 Å².